The van der Waals surface area contributed by atoms with Gasteiger partial charge in [0, 0.05) is 27.7 Å². The van der Waals surface area contributed by atoms with Gasteiger partial charge in [-0.2, -0.15) is 0 Å². The van der Waals surface area contributed by atoms with Gasteiger partial charge in [-0.25, -0.2) is 15.0 Å². The first-order valence-electron chi connectivity index (χ1n) is 7.88. The van der Waals surface area contributed by atoms with E-state index in [1.807, 2.05) is 30.3 Å². The van der Waals surface area contributed by atoms with Gasteiger partial charge in [-0.15, -0.1) is 0 Å². The minimum Gasteiger partial charge on any atom is -0.366 e. The molecule has 7 nitrogen and oxygen atoms in total. The van der Waals surface area contributed by atoms with Crippen LogP contribution in [0.3, 0.4) is 0 Å². The van der Waals surface area contributed by atoms with Crippen LogP contribution in [-0.2, 0) is 0 Å². The monoisotopic (exact) mass is 341 g/mol. The number of amides is 2. The van der Waals surface area contributed by atoms with Crippen LogP contribution in [0.2, 0.25) is 0 Å². The normalized spacial score (nSPS) is 11.7. The van der Waals surface area contributed by atoms with Crippen LogP contribution in [-0.4, -0.2) is 26.8 Å². The molecule has 4 bridgehead atoms. The number of pyridine rings is 3. The molecule has 26 heavy (non-hydrogen) atoms. The third kappa shape index (κ3) is 1.79. The average Bonchev–Trinajstić information content (AvgIpc) is 2.64. The van der Waals surface area contributed by atoms with E-state index in [-0.39, 0.29) is 11.3 Å². The molecule has 4 N–H and O–H groups in total. The highest BCUT2D eigenvalue weighted by Gasteiger charge is 2.21. The molecule has 0 aliphatic carbocycles. The number of carbonyl (C=O) groups excluding carboxylic acids is 2. The SMILES string of the molecule is NC(=O)c1ncc2c3ccc4ccc5ccc(nc5c4n3)c2c1C(N)=O. The molecule has 0 aliphatic rings. The lowest BCUT2D eigenvalue weighted by molar-refractivity contribution is 0.0965. The Morgan fingerprint density at radius 3 is 1.96 bits per heavy atom. The van der Waals surface area contributed by atoms with Gasteiger partial charge in [0.25, 0.3) is 11.8 Å². The van der Waals surface area contributed by atoms with E-state index in [1.54, 1.807) is 6.07 Å². The van der Waals surface area contributed by atoms with Crippen molar-refractivity contribution < 1.29 is 9.59 Å². The molecule has 0 atom stereocenters. The second kappa shape index (κ2) is 4.82. The van der Waals surface area contributed by atoms with E-state index in [4.69, 9.17) is 21.4 Å². The highest BCUT2D eigenvalue weighted by Crippen LogP contribution is 2.31. The quantitative estimate of drug-likeness (QED) is 0.476. The molecule has 0 unspecified atom stereocenters. The van der Waals surface area contributed by atoms with E-state index < -0.39 is 11.8 Å². The summed E-state index contributed by atoms with van der Waals surface area (Å²) in [4.78, 5) is 37.4. The first-order valence-corrected chi connectivity index (χ1v) is 7.88. The van der Waals surface area contributed by atoms with Crippen molar-refractivity contribution in [1.29, 1.82) is 0 Å². The van der Waals surface area contributed by atoms with E-state index in [0.717, 1.165) is 21.8 Å². The zero-order valence-electron chi connectivity index (χ0n) is 13.4. The number of nitrogens with zero attached hydrogens (tertiary/aromatic N) is 3. The topological polar surface area (TPSA) is 125 Å². The summed E-state index contributed by atoms with van der Waals surface area (Å²) in [5, 5.41) is 2.89. The van der Waals surface area contributed by atoms with Gasteiger partial charge in [0.05, 0.1) is 27.6 Å². The van der Waals surface area contributed by atoms with Crippen molar-refractivity contribution in [2.45, 2.75) is 0 Å². The highest BCUT2D eigenvalue weighted by atomic mass is 16.2. The standard InChI is InChI=1S/C19H11N5O2/c20-18(25)14-13-10(7-22-17(14)19(21)26)11-5-3-8-1-2-9-4-6-12(13)24-16(9)15(8)23-11/h1-7H,(H2,20,25)(H2,21,26). The van der Waals surface area contributed by atoms with Crippen LogP contribution < -0.4 is 11.5 Å². The molecule has 0 spiro atoms. The zero-order chi connectivity index (χ0) is 18.0. The third-order valence-corrected chi connectivity index (χ3v) is 4.61. The molecule has 4 heterocycles. The van der Waals surface area contributed by atoms with Crippen LogP contribution in [0.1, 0.15) is 20.8 Å². The van der Waals surface area contributed by atoms with Crippen LogP contribution in [0.15, 0.2) is 42.6 Å². The Balaban J connectivity index is 2.17. The van der Waals surface area contributed by atoms with Crippen LogP contribution in [0, 0.1) is 0 Å². The van der Waals surface area contributed by atoms with Crippen LogP contribution in [0.4, 0.5) is 0 Å². The predicted molar refractivity (Wildman–Crippen MR) is 98.1 cm³/mol. The summed E-state index contributed by atoms with van der Waals surface area (Å²) in [7, 11) is 0. The Kier molecular flexibility index (Phi) is 2.68. The summed E-state index contributed by atoms with van der Waals surface area (Å²) in [6, 6.07) is 11.4. The molecule has 5 rings (SSSR count). The Labute approximate surface area is 146 Å². The van der Waals surface area contributed by atoms with Crippen molar-refractivity contribution in [3.8, 4) is 0 Å². The summed E-state index contributed by atoms with van der Waals surface area (Å²) in [6.07, 6.45) is 1.48. The first-order chi connectivity index (χ1) is 12.5. The lowest BCUT2D eigenvalue weighted by Gasteiger charge is -2.11. The second-order valence-corrected chi connectivity index (χ2v) is 6.10. The van der Waals surface area contributed by atoms with Crippen LogP contribution in [0.5, 0.6) is 0 Å². The van der Waals surface area contributed by atoms with Gasteiger partial charge in [0.15, 0.2) is 0 Å². The molecule has 7 heteroatoms. The van der Waals surface area contributed by atoms with Crippen molar-refractivity contribution in [1.82, 2.24) is 15.0 Å². The van der Waals surface area contributed by atoms with E-state index in [1.165, 1.54) is 6.20 Å². The number of hydrogen-bond acceptors (Lipinski definition) is 5. The van der Waals surface area contributed by atoms with Gasteiger partial charge < -0.3 is 11.5 Å². The zero-order valence-corrected chi connectivity index (χ0v) is 13.4. The van der Waals surface area contributed by atoms with Crippen LogP contribution >= 0.6 is 0 Å². The van der Waals surface area contributed by atoms with Crippen molar-refractivity contribution in [3.05, 3.63) is 53.9 Å². The number of primary amides is 2. The number of fused-ring (bicyclic) bond motifs is 5. The highest BCUT2D eigenvalue weighted by molar-refractivity contribution is 6.21. The molecule has 0 saturated carbocycles. The minimum absolute atomic E-state index is 0.0388. The smallest absolute Gasteiger partial charge is 0.268 e. The average molecular weight is 341 g/mol. The number of nitrogens with two attached hydrogens (primary N) is 2. The molecule has 0 fully saturated rings. The number of benzene rings is 1. The number of aromatic nitrogens is 3. The fourth-order valence-electron chi connectivity index (χ4n) is 3.46. The van der Waals surface area contributed by atoms with Crippen molar-refractivity contribution in [2.24, 2.45) is 11.5 Å². The van der Waals surface area contributed by atoms with Gasteiger partial charge in [0.2, 0.25) is 0 Å². The summed E-state index contributed by atoms with van der Waals surface area (Å²) < 4.78 is 0. The summed E-state index contributed by atoms with van der Waals surface area (Å²) in [6.45, 7) is 0. The van der Waals surface area contributed by atoms with Crippen LogP contribution in [0.25, 0.3) is 43.6 Å². The molecular weight excluding hydrogens is 330 g/mol. The van der Waals surface area contributed by atoms with Gasteiger partial charge in [0.1, 0.15) is 5.69 Å². The van der Waals surface area contributed by atoms with E-state index in [9.17, 15) is 9.59 Å². The molecule has 0 saturated heterocycles. The lowest BCUT2D eigenvalue weighted by Crippen LogP contribution is -2.22. The summed E-state index contributed by atoms with van der Waals surface area (Å²) in [5.74, 6) is -1.62. The van der Waals surface area contributed by atoms with Crippen molar-refractivity contribution in [2.75, 3.05) is 0 Å². The van der Waals surface area contributed by atoms with E-state index in [2.05, 4.69) is 4.98 Å². The molecule has 2 amide bonds. The van der Waals surface area contributed by atoms with Crippen molar-refractivity contribution in [3.63, 3.8) is 0 Å². The Bertz CT molecular complexity index is 1390. The van der Waals surface area contributed by atoms with Gasteiger partial charge in [-0.05, 0) is 12.1 Å². The Morgan fingerprint density at radius 1 is 0.769 bits per heavy atom. The maximum atomic E-state index is 12.2. The molecule has 1 aromatic carbocycles. The maximum absolute atomic E-state index is 12.2. The van der Waals surface area contributed by atoms with Crippen molar-refractivity contribution >= 4 is 55.4 Å². The molecule has 0 aliphatic heterocycles. The molecule has 0 radical (unpaired) electrons. The Morgan fingerprint density at radius 2 is 1.35 bits per heavy atom. The summed E-state index contributed by atoms with van der Waals surface area (Å²) in [5.41, 5.74) is 13.4. The summed E-state index contributed by atoms with van der Waals surface area (Å²) >= 11 is 0. The second-order valence-electron chi connectivity index (χ2n) is 6.10. The Hall–Kier alpha value is -3.87. The molecule has 124 valence electrons. The fraction of sp³-hybridized carbons (Fsp3) is 0. The first kappa shape index (κ1) is 14.5. The maximum Gasteiger partial charge on any atom is 0.268 e. The number of hydrogen-bond donors (Lipinski definition) is 2. The molecule has 5 aromatic rings. The largest absolute Gasteiger partial charge is 0.366 e. The fourth-order valence-corrected chi connectivity index (χ4v) is 3.46. The third-order valence-electron chi connectivity index (χ3n) is 4.61. The molecule has 4 aromatic heterocycles. The van der Waals surface area contributed by atoms with E-state index in [0.29, 0.717) is 21.8 Å². The number of carbonyl (C=O) groups is 2. The van der Waals surface area contributed by atoms with Gasteiger partial charge >= 0.3 is 0 Å². The van der Waals surface area contributed by atoms with Gasteiger partial charge in [-0.3, -0.25) is 9.59 Å². The number of rotatable bonds is 2. The lowest BCUT2D eigenvalue weighted by atomic mass is 10.0. The van der Waals surface area contributed by atoms with E-state index >= 15 is 0 Å². The predicted octanol–water partition coefficient (Wildman–Crippen LogP) is 2.12. The van der Waals surface area contributed by atoms with Gasteiger partial charge in [-0.1, -0.05) is 24.3 Å². The molecular formula is C19H11N5O2. The minimum atomic E-state index is -0.825.